The van der Waals surface area contributed by atoms with Crippen LogP contribution in [0.5, 0.6) is 11.6 Å². The van der Waals surface area contributed by atoms with Crippen molar-refractivity contribution in [2.45, 2.75) is 18.1 Å². The highest BCUT2D eigenvalue weighted by Gasteiger charge is 2.33. The van der Waals surface area contributed by atoms with E-state index >= 15 is 0 Å². The fourth-order valence-electron chi connectivity index (χ4n) is 0.993. The van der Waals surface area contributed by atoms with Crippen LogP contribution in [0.4, 0.5) is 22.0 Å². The normalized spacial score (nSPS) is 11.9. The minimum atomic E-state index is -5.04. The number of hydrogen-bond acceptors (Lipinski definition) is 3. The predicted molar refractivity (Wildman–Crippen MR) is 50.2 cm³/mol. The van der Waals surface area contributed by atoms with E-state index in [-0.39, 0.29) is 10.9 Å². The van der Waals surface area contributed by atoms with Gasteiger partial charge in [0.1, 0.15) is 5.75 Å². The lowest BCUT2D eigenvalue weighted by Gasteiger charge is -2.13. The molecule has 1 heterocycles. The molecule has 0 aliphatic heterocycles. The maximum atomic E-state index is 12.3. The average Bonchev–Trinajstić information content (AvgIpc) is 2.17. The van der Waals surface area contributed by atoms with Gasteiger partial charge in [-0.3, -0.25) is 0 Å². The SMILES string of the molecule is Oc1cc(CBr)c(OC(F)(F)F)nc1C(F)F. The Labute approximate surface area is 100 Å². The van der Waals surface area contributed by atoms with Crippen LogP contribution in [0.1, 0.15) is 17.7 Å². The van der Waals surface area contributed by atoms with Gasteiger partial charge in [-0.1, -0.05) is 15.9 Å². The molecule has 0 saturated heterocycles. The van der Waals surface area contributed by atoms with Crippen LogP contribution < -0.4 is 4.74 Å². The molecular formula is C8H5BrF5NO2. The van der Waals surface area contributed by atoms with Crippen LogP contribution in [0.3, 0.4) is 0 Å². The van der Waals surface area contributed by atoms with Gasteiger partial charge in [0.2, 0.25) is 5.88 Å². The van der Waals surface area contributed by atoms with Crippen molar-refractivity contribution < 1.29 is 31.8 Å². The van der Waals surface area contributed by atoms with E-state index in [4.69, 9.17) is 5.11 Å². The van der Waals surface area contributed by atoms with Crippen LogP contribution in [0.15, 0.2) is 6.07 Å². The van der Waals surface area contributed by atoms with Crippen molar-refractivity contribution in [2.75, 3.05) is 0 Å². The van der Waals surface area contributed by atoms with Gasteiger partial charge in [0.05, 0.1) is 0 Å². The largest absolute Gasteiger partial charge is 0.574 e. The zero-order valence-electron chi connectivity index (χ0n) is 7.93. The van der Waals surface area contributed by atoms with E-state index in [1.54, 1.807) is 0 Å². The van der Waals surface area contributed by atoms with Crippen LogP contribution in [0.25, 0.3) is 0 Å². The van der Waals surface area contributed by atoms with E-state index in [0.717, 1.165) is 6.07 Å². The van der Waals surface area contributed by atoms with Gasteiger partial charge in [0, 0.05) is 10.9 Å². The van der Waals surface area contributed by atoms with Crippen LogP contribution >= 0.6 is 15.9 Å². The van der Waals surface area contributed by atoms with Crippen molar-refractivity contribution in [1.82, 2.24) is 4.98 Å². The summed E-state index contributed by atoms with van der Waals surface area (Å²) < 4.78 is 64.0. The monoisotopic (exact) mass is 321 g/mol. The second kappa shape index (κ2) is 5.03. The second-order valence-electron chi connectivity index (χ2n) is 2.84. The summed E-state index contributed by atoms with van der Waals surface area (Å²) in [6.07, 6.45) is -8.24. The molecule has 1 rings (SSSR count). The highest BCUT2D eigenvalue weighted by molar-refractivity contribution is 9.08. The molecule has 0 atom stereocenters. The zero-order valence-corrected chi connectivity index (χ0v) is 9.52. The Hall–Kier alpha value is -1.12. The highest BCUT2D eigenvalue weighted by atomic mass is 79.9. The number of alkyl halides is 6. The summed E-state index contributed by atoms with van der Waals surface area (Å²) in [4.78, 5) is 2.96. The number of ether oxygens (including phenoxy) is 1. The smallest absolute Gasteiger partial charge is 0.506 e. The topological polar surface area (TPSA) is 42.4 Å². The quantitative estimate of drug-likeness (QED) is 0.684. The lowest BCUT2D eigenvalue weighted by Crippen LogP contribution is -2.19. The average molecular weight is 322 g/mol. The highest BCUT2D eigenvalue weighted by Crippen LogP contribution is 2.34. The molecule has 1 aromatic rings. The summed E-state index contributed by atoms with van der Waals surface area (Å²) in [5.74, 6) is -1.90. The summed E-state index contributed by atoms with van der Waals surface area (Å²) >= 11 is 2.83. The lowest BCUT2D eigenvalue weighted by molar-refractivity contribution is -0.276. The molecule has 0 fully saturated rings. The van der Waals surface area contributed by atoms with Crippen molar-refractivity contribution in [1.29, 1.82) is 0 Å². The number of halogens is 6. The molecule has 0 saturated carbocycles. The van der Waals surface area contributed by atoms with Crippen LogP contribution in [0.2, 0.25) is 0 Å². The zero-order chi connectivity index (χ0) is 13.2. The number of aromatic nitrogens is 1. The molecule has 0 bridgehead atoms. The van der Waals surface area contributed by atoms with Gasteiger partial charge in [-0.15, -0.1) is 13.2 Å². The second-order valence-corrected chi connectivity index (χ2v) is 3.40. The standard InChI is InChI=1S/C8H5BrF5NO2/c9-2-3-1-4(16)5(6(10)11)15-7(3)17-8(12,13)14/h1,6,16H,2H2. The van der Waals surface area contributed by atoms with E-state index in [1.807, 2.05) is 0 Å². The van der Waals surface area contributed by atoms with Crippen LogP contribution in [0, 0.1) is 0 Å². The third-order valence-electron chi connectivity index (χ3n) is 1.63. The minimum Gasteiger partial charge on any atom is -0.506 e. The maximum Gasteiger partial charge on any atom is 0.574 e. The van der Waals surface area contributed by atoms with E-state index in [1.165, 1.54) is 0 Å². The molecule has 0 amide bonds. The molecule has 0 radical (unpaired) electrons. The Morgan fingerprint density at radius 2 is 2.00 bits per heavy atom. The van der Waals surface area contributed by atoms with E-state index in [2.05, 4.69) is 25.7 Å². The summed E-state index contributed by atoms with van der Waals surface area (Å²) in [5.41, 5.74) is -1.35. The van der Waals surface area contributed by atoms with Gasteiger partial charge >= 0.3 is 6.36 Å². The Morgan fingerprint density at radius 3 is 2.41 bits per heavy atom. The van der Waals surface area contributed by atoms with Gasteiger partial charge < -0.3 is 9.84 Å². The molecule has 9 heteroatoms. The molecule has 3 nitrogen and oxygen atoms in total. The summed E-state index contributed by atoms with van der Waals surface area (Å²) in [7, 11) is 0. The van der Waals surface area contributed by atoms with Crippen molar-refractivity contribution in [2.24, 2.45) is 0 Å². The molecule has 0 spiro atoms. The number of aromatic hydroxyl groups is 1. The summed E-state index contributed by atoms with van der Waals surface area (Å²) in [6, 6.07) is 0.740. The molecule has 1 aromatic heterocycles. The van der Waals surface area contributed by atoms with Crippen molar-refractivity contribution in [3.05, 3.63) is 17.3 Å². The molecule has 96 valence electrons. The molecular weight excluding hydrogens is 317 g/mol. The van der Waals surface area contributed by atoms with E-state index in [9.17, 15) is 22.0 Å². The Balaban J connectivity index is 3.22. The van der Waals surface area contributed by atoms with Crippen molar-refractivity contribution in [3.8, 4) is 11.6 Å². The first-order valence-corrected chi connectivity index (χ1v) is 5.19. The van der Waals surface area contributed by atoms with Gasteiger partial charge in [-0.05, 0) is 6.07 Å². The fraction of sp³-hybridized carbons (Fsp3) is 0.375. The molecule has 0 aliphatic carbocycles. The predicted octanol–water partition coefficient (Wildman–Crippen LogP) is 3.52. The number of rotatable bonds is 3. The third kappa shape index (κ3) is 3.69. The molecule has 0 aromatic carbocycles. The summed E-state index contributed by atoms with van der Waals surface area (Å²) in [5, 5.41) is 8.98. The molecule has 0 unspecified atom stereocenters. The van der Waals surface area contributed by atoms with Crippen molar-refractivity contribution >= 4 is 15.9 Å². The summed E-state index contributed by atoms with van der Waals surface area (Å²) in [6.45, 7) is 0. The Bertz CT molecular complexity index is 410. The van der Waals surface area contributed by atoms with E-state index in [0.29, 0.717) is 0 Å². The minimum absolute atomic E-state index is 0.136. The Morgan fingerprint density at radius 1 is 1.41 bits per heavy atom. The van der Waals surface area contributed by atoms with E-state index < -0.39 is 30.1 Å². The number of nitrogens with zero attached hydrogens (tertiary/aromatic N) is 1. The third-order valence-corrected chi connectivity index (χ3v) is 2.24. The maximum absolute atomic E-state index is 12.3. The van der Waals surface area contributed by atoms with Gasteiger partial charge in [-0.25, -0.2) is 13.8 Å². The number of pyridine rings is 1. The first-order valence-electron chi connectivity index (χ1n) is 4.07. The molecule has 0 aliphatic rings. The first-order chi connectivity index (χ1) is 7.74. The van der Waals surface area contributed by atoms with Crippen LogP contribution in [-0.4, -0.2) is 16.5 Å². The van der Waals surface area contributed by atoms with Gasteiger partial charge in [0.15, 0.2) is 5.69 Å². The lowest BCUT2D eigenvalue weighted by atomic mass is 10.2. The van der Waals surface area contributed by atoms with Gasteiger partial charge in [0.25, 0.3) is 6.43 Å². The molecule has 1 N–H and O–H groups in total. The van der Waals surface area contributed by atoms with Crippen LogP contribution in [-0.2, 0) is 5.33 Å². The Kier molecular flexibility index (Phi) is 4.12. The fourth-order valence-corrected chi connectivity index (χ4v) is 1.40. The first kappa shape index (κ1) is 13.9. The van der Waals surface area contributed by atoms with Crippen molar-refractivity contribution in [3.63, 3.8) is 0 Å². The number of hydrogen-bond donors (Lipinski definition) is 1. The molecule has 17 heavy (non-hydrogen) atoms. The van der Waals surface area contributed by atoms with Gasteiger partial charge in [-0.2, -0.15) is 0 Å².